The van der Waals surface area contributed by atoms with Gasteiger partial charge >= 0.3 is 6.18 Å². The number of alkyl halides is 3. The minimum atomic E-state index is -4.30. The van der Waals surface area contributed by atoms with Crippen LogP contribution in [0.15, 0.2) is 48.5 Å². The van der Waals surface area contributed by atoms with Crippen LogP contribution < -0.4 is 15.4 Å². The fourth-order valence-corrected chi connectivity index (χ4v) is 2.25. The van der Waals surface area contributed by atoms with E-state index in [9.17, 15) is 13.2 Å². The Kier molecular flexibility index (Phi) is 6.03. The highest BCUT2D eigenvalue weighted by atomic mass is 32.1. The molecule has 0 aliphatic rings. The van der Waals surface area contributed by atoms with Crippen molar-refractivity contribution in [3.05, 3.63) is 59.7 Å². The molecule has 0 fully saturated rings. The lowest BCUT2D eigenvalue weighted by Crippen LogP contribution is -2.30. The third kappa shape index (κ3) is 5.42. The van der Waals surface area contributed by atoms with Crippen molar-refractivity contribution in [3.8, 4) is 5.75 Å². The maximum absolute atomic E-state index is 12.5. The quantitative estimate of drug-likeness (QED) is 0.787. The lowest BCUT2D eigenvalue weighted by molar-refractivity contribution is -0.137. The molecule has 0 amide bonds. The molecule has 24 heavy (non-hydrogen) atoms. The van der Waals surface area contributed by atoms with Crippen LogP contribution in [0.3, 0.4) is 0 Å². The highest BCUT2D eigenvalue weighted by molar-refractivity contribution is 7.80. The van der Waals surface area contributed by atoms with E-state index in [-0.39, 0.29) is 0 Å². The second-order valence-electron chi connectivity index (χ2n) is 5.05. The van der Waals surface area contributed by atoms with E-state index in [0.717, 1.165) is 29.1 Å². The van der Waals surface area contributed by atoms with E-state index in [4.69, 9.17) is 17.0 Å². The molecule has 0 bridgehead atoms. The van der Waals surface area contributed by atoms with Gasteiger partial charge < -0.3 is 15.4 Å². The third-order valence-corrected chi connectivity index (χ3v) is 3.57. The Bertz CT molecular complexity index is 670. The van der Waals surface area contributed by atoms with E-state index in [1.54, 1.807) is 7.11 Å². The average Bonchev–Trinajstić information content (AvgIpc) is 2.55. The average molecular weight is 354 g/mol. The maximum Gasteiger partial charge on any atom is 0.416 e. The molecule has 0 unspecified atom stereocenters. The Morgan fingerprint density at radius 1 is 1.04 bits per heavy atom. The summed E-state index contributed by atoms with van der Waals surface area (Å²) in [4.78, 5) is 0. The highest BCUT2D eigenvalue weighted by Gasteiger charge is 2.29. The fourth-order valence-electron chi connectivity index (χ4n) is 2.03. The number of rotatable bonds is 5. The van der Waals surface area contributed by atoms with Gasteiger partial charge in [-0.2, -0.15) is 13.2 Å². The molecule has 2 N–H and O–H groups in total. The molecule has 7 heteroatoms. The zero-order valence-corrected chi connectivity index (χ0v) is 13.8. The van der Waals surface area contributed by atoms with Crippen LogP contribution in [0, 0.1) is 0 Å². The summed E-state index contributed by atoms with van der Waals surface area (Å²) in [5.41, 5.74) is 0.987. The number of methoxy groups -OCH3 is 1. The zero-order chi connectivity index (χ0) is 17.6. The molecule has 2 rings (SSSR count). The van der Waals surface area contributed by atoms with Gasteiger partial charge in [0.25, 0.3) is 0 Å². The molecule has 0 radical (unpaired) electrons. The topological polar surface area (TPSA) is 33.3 Å². The predicted molar refractivity (Wildman–Crippen MR) is 92.4 cm³/mol. The number of nitrogens with one attached hydrogen (secondary N) is 2. The summed E-state index contributed by atoms with van der Waals surface area (Å²) in [6.07, 6.45) is -3.73. The summed E-state index contributed by atoms with van der Waals surface area (Å²) >= 11 is 5.18. The minimum Gasteiger partial charge on any atom is -0.497 e. The number of halogens is 3. The molecular weight excluding hydrogens is 337 g/mol. The Labute approximate surface area is 143 Å². The SMILES string of the molecule is COc1ccc(NC(=S)NCCc2ccc(C(F)(F)F)cc2)cc1. The monoisotopic (exact) mass is 354 g/mol. The third-order valence-electron chi connectivity index (χ3n) is 3.33. The Morgan fingerprint density at radius 3 is 2.21 bits per heavy atom. The van der Waals surface area contributed by atoms with Crippen molar-refractivity contribution in [1.82, 2.24) is 5.32 Å². The van der Waals surface area contributed by atoms with E-state index in [1.165, 1.54) is 12.1 Å². The van der Waals surface area contributed by atoms with Crippen molar-refractivity contribution in [1.29, 1.82) is 0 Å². The van der Waals surface area contributed by atoms with Crippen LogP contribution in [0.4, 0.5) is 18.9 Å². The molecular formula is C17H17F3N2OS. The normalized spacial score (nSPS) is 11.0. The van der Waals surface area contributed by atoms with Gasteiger partial charge in [0.1, 0.15) is 5.75 Å². The molecule has 3 nitrogen and oxygen atoms in total. The molecule has 0 aromatic heterocycles. The Morgan fingerprint density at radius 2 is 1.67 bits per heavy atom. The second kappa shape index (κ2) is 8.01. The summed E-state index contributed by atoms with van der Waals surface area (Å²) in [6, 6.07) is 12.4. The van der Waals surface area contributed by atoms with Crippen molar-refractivity contribution < 1.29 is 17.9 Å². The highest BCUT2D eigenvalue weighted by Crippen LogP contribution is 2.29. The first kappa shape index (κ1) is 18.1. The molecule has 0 aliphatic carbocycles. The molecule has 0 atom stereocenters. The summed E-state index contributed by atoms with van der Waals surface area (Å²) in [7, 11) is 1.59. The smallest absolute Gasteiger partial charge is 0.416 e. The van der Waals surface area contributed by atoms with Crippen molar-refractivity contribution in [2.75, 3.05) is 19.0 Å². The molecule has 0 spiro atoms. The number of thiocarbonyl (C=S) groups is 1. The Hall–Kier alpha value is -2.28. The number of anilines is 1. The first-order valence-corrected chi connectivity index (χ1v) is 7.64. The van der Waals surface area contributed by atoms with Gasteiger partial charge in [0.2, 0.25) is 0 Å². The van der Waals surface area contributed by atoms with E-state index in [2.05, 4.69) is 10.6 Å². The van der Waals surface area contributed by atoms with E-state index < -0.39 is 11.7 Å². The number of ether oxygens (including phenoxy) is 1. The zero-order valence-electron chi connectivity index (χ0n) is 13.0. The van der Waals surface area contributed by atoms with E-state index >= 15 is 0 Å². The predicted octanol–water partition coefficient (Wildman–Crippen LogP) is 4.24. The lowest BCUT2D eigenvalue weighted by atomic mass is 10.1. The molecule has 0 saturated heterocycles. The van der Waals surface area contributed by atoms with Crippen molar-refractivity contribution in [2.45, 2.75) is 12.6 Å². The first-order valence-electron chi connectivity index (χ1n) is 7.23. The maximum atomic E-state index is 12.5. The Balaban J connectivity index is 1.77. The van der Waals surface area contributed by atoms with Gasteiger partial charge in [0, 0.05) is 12.2 Å². The van der Waals surface area contributed by atoms with Crippen LogP contribution in [0.1, 0.15) is 11.1 Å². The first-order chi connectivity index (χ1) is 11.4. The molecule has 128 valence electrons. The van der Waals surface area contributed by atoms with Crippen molar-refractivity contribution in [2.24, 2.45) is 0 Å². The molecule has 0 heterocycles. The summed E-state index contributed by atoms with van der Waals surface area (Å²) < 4.78 is 42.5. The van der Waals surface area contributed by atoms with Gasteiger partial charge in [0.15, 0.2) is 5.11 Å². The van der Waals surface area contributed by atoms with Gasteiger partial charge in [-0.25, -0.2) is 0 Å². The van der Waals surface area contributed by atoms with Crippen molar-refractivity contribution >= 4 is 23.0 Å². The number of hydrogen-bond donors (Lipinski definition) is 2. The van der Waals surface area contributed by atoms with Gasteiger partial charge in [-0.1, -0.05) is 12.1 Å². The van der Waals surface area contributed by atoms with Gasteiger partial charge in [-0.05, 0) is 60.6 Å². The summed E-state index contributed by atoms with van der Waals surface area (Å²) in [5.74, 6) is 0.752. The van der Waals surface area contributed by atoms with Crippen LogP contribution in [-0.4, -0.2) is 18.8 Å². The van der Waals surface area contributed by atoms with Crippen LogP contribution in [0.5, 0.6) is 5.75 Å². The fraction of sp³-hybridized carbons (Fsp3) is 0.235. The molecule has 2 aromatic carbocycles. The van der Waals surface area contributed by atoms with Gasteiger partial charge in [-0.3, -0.25) is 0 Å². The van der Waals surface area contributed by atoms with Crippen LogP contribution in [0.25, 0.3) is 0 Å². The van der Waals surface area contributed by atoms with Gasteiger partial charge in [-0.15, -0.1) is 0 Å². The largest absolute Gasteiger partial charge is 0.497 e. The number of hydrogen-bond acceptors (Lipinski definition) is 2. The molecule has 2 aromatic rings. The summed E-state index contributed by atoms with van der Waals surface area (Å²) in [6.45, 7) is 0.521. The number of benzene rings is 2. The van der Waals surface area contributed by atoms with Crippen molar-refractivity contribution in [3.63, 3.8) is 0 Å². The van der Waals surface area contributed by atoms with Crippen LogP contribution in [-0.2, 0) is 12.6 Å². The lowest BCUT2D eigenvalue weighted by Gasteiger charge is -2.11. The van der Waals surface area contributed by atoms with Gasteiger partial charge in [0.05, 0.1) is 12.7 Å². The van der Waals surface area contributed by atoms with E-state index in [0.29, 0.717) is 18.1 Å². The van der Waals surface area contributed by atoms with Crippen LogP contribution >= 0.6 is 12.2 Å². The molecule has 0 saturated carbocycles. The second-order valence-corrected chi connectivity index (χ2v) is 5.46. The summed E-state index contributed by atoms with van der Waals surface area (Å²) in [5, 5.41) is 6.50. The standard InChI is InChI=1S/C17H17F3N2OS/c1-23-15-8-6-14(7-9-15)22-16(24)21-11-10-12-2-4-13(5-3-12)17(18,19)20/h2-9H,10-11H2,1H3,(H2,21,22,24). The van der Waals surface area contributed by atoms with Crippen LogP contribution in [0.2, 0.25) is 0 Å². The minimum absolute atomic E-state index is 0.451. The molecule has 0 aliphatic heterocycles. The van der Waals surface area contributed by atoms with E-state index in [1.807, 2.05) is 24.3 Å².